The molecule has 0 N–H and O–H groups in total. The molecule has 0 spiro atoms. The minimum absolute atomic E-state index is 0.999. The van der Waals surface area contributed by atoms with Gasteiger partial charge in [-0.1, -0.05) is 35.9 Å². The highest BCUT2D eigenvalue weighted by molar-refractivity contribution is 5.99. The minimum Gasteiger partial charge on any atom is -0.0903 e. The smallest absolute Gasteiger partial charge is 0.0903 e. The number of nitrogens with zero attached hydrogens (tertiary/aromatic N) is 2. The Labute approximate surface area is 107 Å². The van der Waals surface area contributed by atoms with Crippen LogP contribution in [-0.2, 0) is 13.5 Å². The lowest BCUT2D eigenvalue weighted by Gasteiger charge is -2.06. The van der Waals surface area contributed by atoms with Crippen molar-refractivity contribution in [3.63, 3.8) is 0 Å². The summed E-state index contributed by atoms with van der Waals surface area (Å²) in [5.41, 5.74) is 2.39. The van der Waals surface area contributed by atoms with E-state index in [0.29, 0.717) is 0 Å². The van der Waals surface area contributed by atoms with Gasteiger partial charge < -0.3 is 0 Å². The van der Waals surface area contributed by atoms with Crippen LogP contribution >= 0.6 is 0 Å². The predicted molar refractivity (Wildman–Crippen MR) is 74.5 cm³/mol. The van der Waals surface area contributed by atoms with Crippen molar-refractivity contribution in [3.8, 4) is 0 Å². The van der Waals surface area contributed by atoms with Gasteiger partial charge in [-0.05, 0) is 34.9 Å². The molecule has 0 aliphatic rings. The second-order valence-corrected chi connectivity index (χ2v) is 4.75. The van der Waals surface area contributed by atoms with Crippen LogP contribution in [0.1, 0.15) is 18.3 Å². The van der Waals surface area contributed by atoms with E-state index >= 15 is 0 Å². The lowest BCUT2D eigenvalue weighted by molar-refractivity contribution is -0.736. The lowest BCUT2D eigenvalue weighted by Crippen LogP contribution is -2.38. The molecule has 90 valence electrons. The second-order valence-electron chi connectivity index (χ2n) is 4.75. The number of aromatic nitrogens is 2. The Morgan fingerprint density at radius 3 is 2.28 bits per heavy atom. The molecule has 0 unspecified atom stereocenters. The van der Waals surface area contributed by atoms with Crippen LogP contribution in [0.25, 0.3) is 21.5 Å². The van der Waals surface area contributed by atoms with Gasteiger partial charge in [0.1, 0.15) is 5.69 Å². The Hall–Kier alpha value is -1.96. The highest BCUT2D eigenvalue weighted by Crippen LogP contribution is 2.25. The fourth-order valence-corrected chi connectivity index (χ4v) is 2.71. The standard InChI is InChI=1S/C16H17N2/c1-4-16-15-10-13-8-6-5-7-12(13)9-14(15)11(2)17-18(16)3/h5-10H,4H2,1-3H3/q+1. The van der Waals surface area contributed by atoms with E-state index in [1.807, 2.05) is 11.7 Å². The van der Waals surface area contributed by atoms with Gasteiger partial charge in [0.2, 0.25) is 5.69 Å². The highest BCUT2D eigenvalue weighted by Gasteiger charge is 2.15. The normalized spacial score (nSPS) is 11.3. The van der Waals surface area contributed by atoms with Gasteiger partial charge in [0.15, 0.2) is 7.05 Å². The Morgan fingerprint density at radius 2 is 1.67 bits per heavy atom. The maximum absolute atomic E-state index is 4.60. The maximum Gasteiger partial charge on any atom is 0.215 e. The molecule has 0 radical (unpaired) electrons. The van der Waals surface area contributed by atoms with Crippen LogP contribution in [-0.4, -0.2) is 5.10 Å². The molecular weight excluding hydrogens is 220 g/mol. The van der Waals surface area contributed by atoms with Crippen LogP contribution in [0.2, 0.25) is 0 Å². The van der Waals surface area contributed by atoms with Gasteiger partial charge in [0, 0.05) is 11.8 Å². The third kappa shape index (κ3) is 1.57. The zero-order valence-corrected chi connectivity index (χ0v) is 11.1. The van der Waals surface area contributed by atoms with E-state index in [9.17, 15) is 0 Å². The van der Waals surface area contributed by atoms with Gasteiger partial charge in [0.05, 0.1) is 5.39 Å². The third-order valence-corrected chi connectivity index (χ3v) is 3.61. The first-order chi connectivity index (χ1) is 8.70. The first-order valence-electron chi connectivity index (χ1n) is 6.39. The molecule has 2 aromatic carbocycles. The van der Waals surface area contributed by atoms with Gasteiger partial charge in [-0.15, -0.1) is 0 Å². The molecule has 0 saturated carbocycles. The Balaban J connectivity index is 2.52. The molecule has 0 amide bonds. The number of rotatable bonds is 1. The number of benzene rings is 2. The van der Waals surface area contributed by atoms with Crippen LogP contribution in [0.3, 0.4) is 0 Å². The molecule has 1 aromatic heterocycles. The summed E-state index contributed by atoms with van der Waals surface area (Å²) in [5.74, 6) is 0. The summed E-state index contributed by atoms with van der Waals surface area (Å²) < 4.78 is 2.01. The number of fused-ring (bicyclic) bond motifs is 2. The Morgan fingerprint density at radius 1 is 1.06 bits per heavy atom. The molecule has 0 bridgehead atoms. The van der Waals surface area contributed by atoms with Gasteiger partial charge in [-0.3, -0.25) is 0 Å². The molecule has 0 aliphatic heterocycles. The number of aryl methyl sites for hydroxylation is 3. The van der Waals surface area contributed by atoms with Gasteiger partial charge in [0.25, 0.3) is 0 Å². The van der Waals surface area contributed by atoms with Crippen molar-refractivity contribution in [3.05, 3.63) is 47.8 Å². The molecule has 2 heteroatoms. The van der Waals surface area contributed by atoms with Gasteiger partial charge in [-0.2, -0.15) is 0 Å². The zero-order valence-electron chi connectivity index (χ0n) is 11.1. The van der Waals surface area contributed by atoms with Crippen molar-refractivity contribution in [1.82, 2.24) is 5.10 Å². The lowest BCUT2D eigenvalue weighted by atomic mass is 10.0. The van der Waals surface area contributed by atoms with Crippen LogP contribution in [0.5, 0.6) is 0 Å². The molecule has 3 rings (SSSR count). The summed E-state index contributed by atoms with van der Waals surface area (Å²) in [6, 6.07) is 13.1. The van der Waals surface area contributed by atoms with Crippen LogP contribution in [0.15, 0.2) is 36.4 Å². The number of hydrogen-bond donors (Lipinski definition) is 0. The second kappa shape index (κ2) is 4.05. The molecule has 18 heavy (non-hydrogen) atoms. The highest BCUT2D eigenvalue weighted by atomic mass is 15.3. The molecular formula is C16H17N2+. The van der Waals surface area contributed by atoms with Crippen molar-refractivity contribution >= 4 is 21.5 Å². The molecule has 0 aliphatic carbocycles. The first kappa shape index (κ1) is 11.1. The average Bonchev–Trinajstić information content (AvgIpc) is 2.37. The number of hydrogen-bond acceptors (Lipinski definition) is 1. The van der Waals surface area contributed by atoms with Crippen molar-refractivity contribution in [2.75, 3.05) is 0 Å². The van der Waals surface area contributed by atoms with E-state index in [2.05, 4.69) is 55.3 Å². The first-order valence-corrected chi connectivity index (χ1v) is 6.39. The molecule has 1 heterocycles. The summed E-state index contributed by atoms with van der Waals surface area (Å²) in [6.07, 6.45) is 0.999. The largest absolute Gasteiger partial charge is 0.215 e. The fraction of sp³-hybridized carbons (Fsp3) is 0.250. The van der Waals surface area contributed by atoms with Crippen molar-refractivity contribution in [2.45, 2.75) is 20.3 Å². The summed E-state index contributed by atoms with van der Waals surface area (Å²) >= 11 is 0. The fourth-order valence-electron chi connectivity index (χ4n) is 2.71. The maximum atomic E-state index is 4.60. The SMILES string of the molecule is CCc1c2cc3ccccc3cc2c(C)n[n+]1C. The van der Waals surface area contributed by atoms with Crippen molar-refractivity contribution in [1.29, 1.82) is 0 Å². The van der Waals surface area contributed by atoms with Gasteiger partial charge >= 0.3 is 0 Å². The molecule has 0 atom stereocenters. The van der Waals surface area contributed by atoms with E-state index in [1.165, 1.54) is 27.2 Å². The third-order valence-electron chi connectivity index (χ3n) is 3.61. The van der Waals surface area contributed by atoms with E-state index < -0.39 is 0 Å². The molecule has 2 nitrogen and oxygen atoms in total. The zero-order chi connectivity index (χ0) is 12.7. The Bertz CT molecular complexity index is 745. The summed E-state index contributed by atoms with van der Waals surface area (Å²) in [5, 5.41) is 9.77. The van der Waals surface area contributed by atoms with E-state index in [-0.39, 0.29) is 0 Å². The minimum atomic E-state index is 0.999. The van der Waals surface area contributed by atoms with Crippen LogP contribution in [0, 0.1) is 6.92 Å². The van der Waals surface area contributed by atoms with Crippen molar-refractivity contribution < 1.29 is 4.68 Å². The Kier molecular flexibility index (Phi) is 2.51. The molecule has 0 saturated heterocycles. The predicted octanol–water partition coefficient (Wildman–Crippen LogP) is 3.08. The molecule has 0 fully saturated rings. The van der Waals surface area contributed by atoms with Crippen LogP contribution < -0.4 is 4.68 Å². The summed E-state index contributed by atoms with van der Waals surface area (Å²) in [4.78, 5) is 0. The van der Waals surface area contributed by atoms with E-state index in [4.69, 9.17) is 0 Å². The van der Waals surface area contributed by atoms with E-state index in [0.717, 1.165) is 12.1 Å². The topological polar surface area (TPSA) is 16.8 Å². The summed E-state index contributed by atoms with van der Waals surface area (Å²) in [6.45, 7) is 4.26. The van der Waals surface area contributed by atoms with E-state index in [1.54, 1.807) is 0 Å². The van der Waals surface area contributed by atoms with Gasteiger partial charge in [-0.25, -0.2) is 0 Å². The van der Waals surface area contributed by atoms with Crippen LogP contribution in [0.4, 0.5) is 0 Å². The van der Waals surface area contributed by atoms with Crippen molar-refractivity contribution in [2.24, 2.45) is 7.05 Å². The average molecular weight is 237 g/mol. The monoisotopic (exact) mass is 237 g/mol. The molecule has 3 aromatic rings. The quantitative estimate of drug-likeness (QED) is 0.469. The summed E-state index contributed by atoms with van der Waals surface area (Å²) in [7, 11) is 2.03.